The summed E-state index contributed by atoms with van der Waals surface area (Å²) < 4.78 is 0. The van der Waals surface area contributed by atoms with Crippen LogP contribution in [0.1, 0.15) is 12.5 Å². The molecule has 1 aromatic rings. The van der Waals surface area contributed by atoms with Gasteiger partial charge in [-0.05, 0) is 30.2 Å². The molecule has 0 fully saturated rings. The summed E-state index contributed by atoms with van der Waals surface area (Å²) in [5.41, 5.74) is 0.880. The van der Waals surface area contributed by atoms with E-state index in [2.05, 4.69) is 0 Å². The first kappa shape index (κ1) is 13.2. The predicted octanol–water partition coefficient (Wildman–Crippen LogP) is -2.45. The molecule has 1 rings (SSSR count). The van der Waals surface area contributed by atoms with Gasteiger partial charge < -0.3 is 15.0 Å². The number of phenolic OH excluding ortho intramolecular Hbond substituents is 1. The van der Waals surface area contributed by atoms with Crippen molar-refractivity contribution in [2.75, 3.05) is 0 Å². The first-order valence-corrected chi connectivity index (χ1v) is 3.78. The van der Waals surface area contributed by atoms with Gasteiger partial charge in [0.15, 0.2) is 0 Å². The van der Waals surface area contributed by atoms with Gasteiger partial charge >= 0.3 is 29.6 Å². The minimum absolute atomic E-state index is 0. The number of carboxylic acid groups (broad SMARTS) is 1. The number of hydrogen-bond acceptors (Lipinski definition) is 3. The molecule has 14 heavy (non-hydrogen) atoms. The van der Waals surface area contributed by atoms with E-state index in [4.69, 9.17) is 5.11 Å². The summed E-state index contributed by atoms with van der Waals surface area (Å²) in [4.78, 5) is 10.3. The Bertz CT molecular complexity index is 341. The molecule has 0 aliphatic carbocycles. The zero-order valence-corrected chi connectivity index (χ0v) is 10.2. The monoisotopic (exact) mass is 200 g/mol. The van der Waals surface area contributed by atoms with Crippen LogP contribution in [0.15, 0.2) is 29.8 Å². The molecule has 0 aliphatic heterocycles. The minimum Gasteiger partial charge on any atom is -0.545 e. The molecule has 0 saturated heterocycles. The standard InChI is InChI=1S/C10H10O3.Na/c1-7(10(12)13)6-8-2-4-9(11)5-3-8;/h2-6,11H,1H3,(H,12,13);/q;+1/p-1. The van der Waals surface area contributed by atoms with E-state index in [0.717, 1.165) is 5.56 Å². The van der Waals surface area contributed by atoms with Gasteiger partial charge in [0.25, 0.3) is 0 Å². The number of benzene rings is 1. The van der Waals surface area contributed by atoms with Crippen molar-refractivity contribution in [2.45, 2.75) is 6.92 Å². The Labute approximate surface area is 104 Å². The third kappa shape index (κ3) is 3.96. The fourth-order valence-corrected chi connectivity index (χ4v) is 0.879. The molecule has 0 atom stereocenters. The smallest absolute Gasteiger partial charge is 0.545 e. The molecule has 0 spiro atoms. The molecule has 4 heteroatoms. The topological polar surface area (TPSA) is 60.4 Å². The average Bonchev–Trinajstić information content (AvgIpc) is 2.08. The van der Waals surface area contributed by atoms with E-state index in [-0.39, 0.29) is 40.9 Å². The molecule has 0 radical (unpaired) electrons. The number of carboxylic acids is 1. The first-order chi connectivity index (χ1) is 6.09. The normalized spacial score (nSPS) is 10.5. The van der Waals surface area contributed by atoms with E-state index < -0.39 is 5.97 Å². The van der Waals surface area contributed by atoms with Crippen molar-refractivity contribution in [3.05, 3.63) is 35.4 Å². The summed E-state index contributed by atoms with van der Waals surface area (Å²) in [7, 11) is 0. The second-order valence-corrected chi connectivity index (χ2v) is 2.71. The van der Waals surface area contributed by atoms with Crippen molar-refractivity contribution in [3.8, 4) is 5.75 Å². The van der Waals surface area contributed by atoms with Crippen LogP contribution >= 0.6 is 0 Å². The summed E-state index contributed by atoms with van der Waals surface area (Å²) >= 11 is 0. The summed E-state index contributed by atoms with van der Waals surface area (Å²) in [6, 6.07) is 6.24. The third-order valence-electron chi connectivity index (χ3n) is 1.60. The SMILES string of the molecule is CC(=Cc1ccc(O)cc1)C(=O)[O-].[Na+]. The van der Waals surface area contributed by atoms with Crippen LogP contribution in [0.3, 0.4) is 0 Å². The molecule has 0 aromatic heterocycles. The van der Waals surface area contributed by atoms with Crippen LogP contribution in [0.25, 0.3) is 6.08 Å². The summed E-state index contributed by atoms with van der Waals surface area (Å²) in [6.45, 7) is 1.46. The van der Waals surface area contributed by atoms with Crippen LogP contribution < -0.4 is 34.7 Å². The van der Waals surface area contributed by atoms with Crippen LogP contribution in [0.5, 0.6) is 5.75 Å². The maximum Gasteiger partial charge on any atom is 1.00 e. The van der Waals surface area contributed by atoms with Crippen LogP contribution in [-0.4, -0.2) is 11.1 Å². The Balaban J connectivity index is 0.00000169. The second kappa shape index (κ2) is 5.86. The maximum absolute atomic E-state index is 10.3. The van der Waals surface area contributed by atoms with Crippen molar-refractivity contribution >= 4 is 12.0 Å². The Kier molecular flexibility index (Phi) is 5.53. The van der Waals surface area contributed by atoms with E-state index in [1.54, 1.807) is 12.1 Å². The summed E-state index contributed by atoms with van der Waals surface area (Å²) in [5, 5.41) is 19.3. The van der Waals surface area contributed by atoms with Gasteiger partial charge in [-0.3, -0.25) is 0 Å². The zero-order valence-electron chi connectivity index (χ0n) is 8.15. The Morgan fingerprint density at radius 3 is 2.29 bits per heavy atom. The molecule has 68 valence electrons. The molecule has 0 aliphatic rings. The van der Waals surface area contributed by atoms with E-state index in [0.29, 0.717) is 0 Å². The average molecular weight is 200 g/mol. The van der Waals surface area contributed by atoms with E-state index in [9.17, 15) is 9.90 Å². The molecular weight excluding hydrogens is 191 g/mol. The minimum atomic E-state index is -1.19. The maximum atomic E-state index is 10.3. The van der Waals surface area contributed by atoms with Gasteiger partial charge in [0, 0.05) is 0 Å². The quantitative estimate of drug-likeness (QED) is 0.426. The largest absolute Gasteiger partial charge is 1.00 e. The molecule has 1 aromatic carbocycles. The Morgan fingerprint density at radius 2 is 1.86 bits per heavy atom. The molecular formula is C10H9NaO3. The van der Waals surface area contributed by atoms with Gasteiger partial charge in [0.05, 0.1) is 5.97 Å². The van der Waals surface area contributed by atoms with Crippen LogP contribution in [0.2, 0.25) is 0 Å². The molecule has 0 bridgehead atoms. The Hall–Kier alpha value is -0.770. The van der Waals surface area contributed by atoms with Crippen molar-refractivity contribution in [1.82, 2.24) is 0 Å². The van der Waals surface area contributed by atoms with E-state index in [1.807, 2.05) is 0 Å². The van der Waals surface area contributed by atoms with Crippen molar-refractivity contribution in [2.24, 2.45) is 0 Å². The molecule has 0 unspecified atom stereocenters. The Morgan fingerprint density at radius 1 is 1.36 bits per heavy atom. The second-order valence-electron chi connectivity index (χ2n) is 2.71. The van der Waals surface area contributed by atoms with Gasteiger partial charge in [0.2, 0.25) is 0 Å². The van der Waals surface area contributed by atoms with Gasteiger partial charge in [0.1, 0.15) is 5.75 Å². The molecule has 1 N–H and O–H groups in total. The first-order valence-electron chi connectivity index (χ1n) is 3.78. The van der Waals surface area contributed by atoms with Crippen molar-refractivity contribution in [1.29, 1.82) is 0 Å². The molecule has 0 heterocycles. The molecule has 0 saturated carbocycles. The number of phenols is 1. The van der Waals surface area contributed by atoms with Gasteiger partial charge in [-0.1, -0.05) is 18.2 Å². The van der Waals surface area contributed by atoms with Crippen LogP contribution in [-0.2, 0) is 4.79 Å². The molecule has 3 nitrogen and oxygen atoms in total. The fourth-order valence-electron chi connectivity index (χ4n) is 0.879. The number of aromatic hydroxyl groups is 1. The predicted molar refractivity (Wildman–Crippen MR) is 46.8 cm³/mol. The number of hydrogen-bond donors (Lipinski definition) is 1. The number of aliphatic carboxylic acids is 1. The van der Waals surface area contributed by atoms with Crippen molar-refractivity contribution in [3.63, 3.8) is 0 Å². The number of rotatable bonds is 2. The van der Waals surface area contributed by atoms with E-state index >= 15 is 0 Å². The van der Waals surface area contributed by atoms with Gasteiger partial charge in [-0.15, -0.1) is 0 Å². The zero-order chi connectivity index (χ0) is 9.84. The number of carbonyl (C=O) groups is 1. The fraction of sp³-hybridized carbons (Fsp3) is 0.100. The number of carbonyl (C=O) groups excluding carboxylic acids is 1. The summed E-state index contributed by atoms with van der Waals surface area (Å²) in [6.07, 6.45) is 1.48. The van der Waals surface area contributed by atoms with Gasteiger partial charge in [-0.2, -0.15) is 0 Å². The van der Waals surface area contributed by atoms with Gasteiger partial charge in [-0.25, -0.2) is 0 Å². The van der Waals surface area contributed by atoms with Crippen molar-refractivity contribution < 1.29 is 44.6 Å². The molecule has 0 amide bonds. The third-order valence-corrected chi connectivity index (χ3v) is 1.60. The van der Waals surface area contributed by atoms with Crippen LogP contribution in [0.4, 0.5) is 0 Å². The van der Waals surface area contributed by atoms with E-state index in [1.165, 1.54) is 25.1 Å². The summed E-state index contributed by atoms with van der Waals surface area (Å²) in [5.74, 6) is -1.03. The van der Waals surface area contributed by atoms with Crippen LogP contribution in [0, 0.1) is 0 Å².